The third-order valence-electron chi connectivity index (χ3n) is 5.45. The van der Waals surface area contributed by atoms with Gasteiger partial charge in [0.2, 0.25) is 0 Å². The van der Waals surface area contributed by atoms with Gasteiger partial charge < -0.3 is 9.16 Å². The molecule has 0 spiro atoms. The number of nitrogens with zero attached hydrogens (tertiary/aromatic N) is 1. The Morgan fingerprint density at radius 3 is 2.28 bits per heavy atom. The lowest BCUT2D eigenvalue weighted by Gasteiger charge is -2.36. The first-order valence-corrected chi connectivity index (χ1v) is 13.7. The van der Waals surface area contributed by atoms with E-state index in [1.807, 2.05) is 6.08 Å². The van der Waals surface area contributed by atoms with Crippen molar-refractivity contribution < 1.29 is 18.8 Å². The molecule has 29 heavy (non-hydrogen) atoms. The molecule has 1 rings (SSSR count). The fourth-order valence-corrected chi connectivity index (χ4v) is 3.57. The van der Waals surface area contributed by atoms with Crippen molar-refractivity contribution in [2.75, 3.05) is 19.8 Å². The lowest BCUT2D eigenvalue weighted by Crippen LogP contribution is -2.40. The zero-order valence-corrected chi connectivity index (χ0v) is 19.9. The fraction of sp³-hybridized carbons (Fsp3) is 0.652. The molecule has 1 fully saturated rings. The summed E-state index contributed by atoms with van der Waals surface area (Å²) < 4.78 is 10.9. The fourth-order valence-electron chi connectivity index (χ4n) is 2.48. The molecule has 0 aromatic carbocycles. The minimum atomic E-state index is -1.60. The number of amides is 2. The number of carbonyl (C=O) groups is 2. The van der Waals surface area contributed by atoms with Crippen LogP contribution < -0.4 is 0 Å². The van der Waals surface area contributed by atoms with E-state index in [0.717, 1.165) is 50.0 Å². The second-order valence-corrected chi connectivity index (χ2v) is 13.7. The van der Waals surface area contributed by atoms with Crippen LogP contribution in [0.3, 0.4) is 0 Å². The highest BCUT2D eigenvalue weighted by atomic mass is 28.4. The highest BCUT2D eigenvalue weighted by molar-refractivity contribution is 6.74. The summed E-state index contributed by atoms with van der Waals surface area (Å²) >= 11 is 0. The van der Waals surface area contributed by atoms with Crippen LogP contribution >= 0.6 is 0 Å². The summed E-state index contributed by atoms with van der Waals surface area (Å²) in [5.74, 6) is -0.291. The molecule has 1 saturated heterocycles. The molecule has 0 N–H and O–H groups in total. The van der Waals surface area contributed by atoms with E-state index >= 15 is 0 Å². The molecular weight excluding hydrogens is 382 g/mol. The van der Waals surface area contributed by atoms with Crippen LogP contribution in [0.5, 0.6) is 0 Å². The summed E-state index contributed by atoms with van der Waals surface area (Å²) in [7, 11) is -1.60. The highest BCUT2D eigenvalue weighted by Gasteiger charge is 2.36. The van der Waals surface area contributed by atoms with Crippen LogP contribution in [0.4, 0.5) is 4.79 Å². The molecule has 2 amide bonds. The van der Waals surface area contributed by atoms with Crippen LogP contribution in [-0.2, 0) is 14.0 Å². The first-order chi connectivity index (χ1) is 13.6. The Balaban J connectivity index is 2.02. The lowest BCUT2D eigenvalue weighted by molar-refractivity contribution is -0.122. The van der Waals surface area contributed by atoms with Gasteiger partial charge in [-0.25, -0.2) is 9.69 Å². The Hall–Kier alpha value is -1.66. The zero-order chi connectivity index (χ0) is 21.8. The van der Waals surface area contributed by atoms with E-state index in [-0.39, 0.29) is 10.9 Å². The maximum absolute atomic E-state index is 11.8. The molecule has 164 valence electrons. The van der Waals surface area contributed by atoms with E-state index in [0.29, 0.717) is 13.2 Å². The maximum atomic E-state index is 11.8. The highest BCUT2D eigenvalue weighted by Crippen LogP contribution is 2.36. The van der Waals surface area contributed by atoms with Crippen molar-refractivity contribution in [2.24, 2.45) is 0 Å². The molecule has 0 saturated carbocycles. The molecule has 5 nitrogen and oxygen atoms in total. The number of ether oxygens (including phenoxy) is 1. The summed E-state index contributed by atoms with van der Waals surface area (Å²) in [6.07, 6.45) is 17.4. The Labute approximate surface area is 178 Å². The summed E-state index contributed by atoms with van der Waals surface area (Å²) in [5.41, 5.74) is 0. The maximum Gasteiger partial charge on any atom is 0.416 e. The van der Waals surface area contributed by atoms with Gasteiger partial charge in [-0.15, -0.1) is 0 Å². The van der Waals surface area contributed by atoms with E-state index < -0.39 is 14.4 Å². The Morgan fingerprint density at radius 2 is 1.69 bits per heavy atom. The van der Waals surface area contributed by atoms with Gasteiger partial charge in [0.15, 0.2) is 8.32 Å². The molecule has 1 aliphatic rings. The standard InChI is InChI=1S/C23H39NO4Si/c1-23(2,3)29(4,5)28-19-16-14-12-10-8-6-7-9-11-13-15-17-21(25)24-18-20-27-22(24)26/h6-8,10,15,17H,9,11-14,16,18-20H2,1-5H3/b7-6+,10-8+,17-15+. The smallest absolute Gasteiger partial charge is 0.416 e. The molecule has 0 aromatic heterocycles. The normalized spacial score (nSPS) is 15.9. The van der Waals surface area contributed by atoms with Gasteiger partial charge >= 0.3 is 6.09 Å². The zero-order valence-electron chi connectivity index (χ0n) is 18.9. The van der Waals surface area contributed by atoms with E-state index in [1.165, 1.54) is 6.08 Å². The van der Waals surface area contributed by atoms with Crippen molar-refractivity contribution in [1.29, 1.82) is 0 Å². The van der Waals surface area contributed by atoms with Crippen molar-refractivity contribution in [3.63, 3.8) is 0 Å². The van der Waals surface area contributed by atoms with Gasteiger partial charge in [-0.3, -0.25) is 4.79 Å². The van der Waals surface area contributed by atoms with E-state index in [4.69, 9.17) is 9.16 Å². The second kappa shape index (κ2) is 12.8. The summed E-state index contributed by atoms with van der Waals surface area (Å²) in [6.45, 7) is 12.9. The molecule has 0 unspecified atom stereocenters. The van der Waals surface area contributed by atoms with Crippen molar-refractivity contribution in [3.05, 3.63) is 36.5 Å². The van der Waals surface area contributed by atoms with E-state index in [1.54, 1.807) is 0 Å². The predicted molar refractivity (Wildman–Crippen MR) is 121 cm³/mol. The molecule has 1 aliphatic heterocycles. The second-order valence-electron chi connectivity index (χ2n) is 8.90. The van der Waals surface area contributed by atoms with Gasteiger partial charge in [-0.2, -0.15) is 0 Å². The largest absolute Gasteiger partial charge is 0.447 e. The van der Waals surface area contributed by atoms with E-state index in [9.17, 15) is 9.59 Å². The number of rotatable bonds is 12. The summed E-state index contributed by atoms with van der Waals surface area (Å²) in [6, 6.07) is 0. The molecule has 1 heterocycles. The van der Waals surface area contributed by atoms with Crippen LogP contribution in [0.15, 0.2) is 36.5 Å². The number of allylic oxidation sites excluding steroid dienone is 5. The van der Waals surface area contributed by atoms with Crippen LogP contribution in [0, 0.1) is 0 Å². The number of cyclic esters (lactones) is 1. The molecule has 0 radical (unpaired) electrons. The number of imide groups is 1. The average Bonchev–Trinajstić information content (AvgIpc) is 3.06. The Morgan fingerprint density at radius 1 is 1.07 bits per heavy atom. The molecule has 0 bridgehead atoms. The molecule has 6 heteroatoms. The van der Waals surface area contributed by atoms with Crippen LogP contribution in [0.2, 0.25) is 18.1 Å². The van der Waals surface area contributed by atoms with Crippen molar-refractivity contribution in [1.82, 2.24) is 4.90 Å². The van der Waals surface area contributed by atoms with Crippen LogP contribution in [0.25, 0.3) is 0 Å². The minimum absolute atomic E-state index is 0.283. The molecular formula is C23H39NO4Si. The van der Waals surface area contributed by atoms with Gasteiger partial charge in [-0.1, -0.05) is 51.2 Å². The number of hydrogen-bond acceptors (Lipinski definition) is 4. The quantitative estimate of drug-likeness (QED) is 0.168. The van der Waals surface area contributed by atoms with Gasteiger partial charge in [0.05, 0.1) is 6.54 Å². The third-order valence-corrected chi connectivity index (χ3v) is 9.98. The van der Waals surface area contributed by atoms with Gasteiger partial charge in [0.25, 0.3) is 5.91 Å². The van der Waals surface area contributed by atoms with E-state index in [2.05, 4.69) is 58.2 Å². The van der Waals surface area contributed by atoms with Gasteiger partial charge in [0.1, 0.15) is 6.61 Å². The Bertz CT molecular complexity index is 602. The van der Waals surface area contributed by atoms with Crippen LogP contribution in [-0.4, -0.2) is 45.0 Å². The summed E-state index contributed by atoms with van der Waals surface area (Å²) in [5, 5.41) is 0.283. The van der Waals surface area contributed by atoms with Gasteiger partial charge in [0, 0.05) is 6.61 Å². The Kier molecular flexibility index (Phi) is 11.2. The van der Waals surface area contributed by atoms with Crippen molar-refractivity contribution in [3.8, 4) is 0 Å². The monoisotopic (exact) mass is 421 g/mol. The van der Waals surface area contributed by atoms with Crippen molar-refractivity contribution >= 4 is 20.3 Å². The number of hydrogen-bond donors (Lipinski definition) is 0. The first kappa shape index (κ1) is 25.4. The van der Waals surface area contributed by atoms with Crippen LogP contribution in [0.1, 0.15) is 59.3 Å². The predicted octanol–water partition coefficient (Wildman–Crippen LogP) is 6.00. The lowest BCUT2D eigenvalue weighted by atomic mass is 10.2. The topological polar surface area (TPSA) is 55.8 Å². The molecule has 0 aromatic rings. The number of carbonyl (C=O) groups excluding carboxylic acids is 2. The molecule has 0 aliphatic carbocycles. The average molecular weight is 422 g/mol. The van der Waals surface area contributed by atoms with Crippen molar-refractivity contribution in [2.45, 2.75) is 77.4 Å². The SMILES string of the molecule is CC(C)(C)[Si](C)(C)OCCCC/C=C/C=C/CCC/C=C/C(=O)N1CCOC1=O. The van der Waals surface area contributed by atoms with Gasteiger partial charge in [-0.05, 0) is 62.7 Å². The number of unbranched alkanes of at least 4 members (excludes halogenated alkanes) is 4. The first-order valence-electron chi connectivity index (χ1n) is 10.8. The third kappa shape index (κ3) is 10.1. The summed E-state index contributed by atoms with van der Waals surface area (Å²) in [4.78, 5) is 24.1. The minimum Gasteiger partial charge on any atom is -0.447 e. The molecule has 0 atom stereocenters.